The molecule has 0 fully saturated rings. The van der Waals surface area contributed by atoms with Crippen molar-refractivity contribution in [3.8, 4) is 11.4 Å². The summed E-state index contributed by atoms with van der Waals surface area (Å²) in [6.07, 6.45) is 4.59. The van der Waals surface area contributed by atoms with E-state index in [9.17, 15) is 4.39 Å². The van der Waals surface area contributed by atoms with E-state index in [2.05, 4.69) is 23.8 Å². The summed E-state index contributed by atoms with van der Waals surface area (Å²) < 4.78 is 12.8. The molecule has 0 amide bonds. The topological polar surface area (TPSA) is 25.8 Å². The summed E-state index contributed by atoms with van der Waals surface area (Å²) >= 11 is 0. The molecular formula is C14H17FN2. The van der Waals surface area contributed by atoms with Crippen LogP contribution in [0.3, 0.4) is 0 Å². The number of nitrogens with zero attached hydrogens (tertiary/aromatic N) is 2. The van der Waals surface area contributed by atoms with E-state index in [4.69, 9.17) is 0 Å². The van der Waals surface area contributed by atoms with E-state index >= 15 is 0 Å². The first-order chi connectivity index (χ1) is 8.19. The highest BCUT2D eigenvalue weighted by atomic mass is 19.1. The molecule has 1 aromatic carbocycles. The van der Waals surface area contributed by atoms with Crippen molar-refractivity contribution in [3.63, 3.8) is 0 Å². The summed E-state index contributed by atoms with van der Waals surface area (Å²) in [5.74, 6) is 0.396. The standard InChI is InChI=1S/C11H9FN2.C3H8/c1-8-7-9(12)3-4-10(8)11-13-5-2-6-14-11;1-3-2/h2-7H,1H3;3H2,1-2H3. The van der Waals surface area contributed by atoms with Gasteiger partial charge in [-0.3, -0.25) is 0 Å². The van der Waals surface area contributed by atoms with Crippen molar-refractivity contribution in [2.75, 3.05) is 0 Å². The number of hydrogen-bond acceptors (Lipinski definition) is 2. The highest BCUT2D eigenvalue weighted by Gasteiger charge is 2.04. The fourth-order valence-corrected chi connectivity index (χ4v) is 1.32. The van der Waals surface area contributed by atoms with Gasteiger partial charge in [0.05, 0.1) is 0 Å². The van der Waals surface area contributed by atoms with Gasteiger partial charge in [-0.1, -0.05) is 20.3 Å². The maximum absolute atomic E-state index is 12.8. The molecule has 0 aliphatic rings. The van der Waals surface area contributed by atoms with Gasteiger partial charge in [-0.2, -0.15) is 0 Å². The van der Waals surface area contributed by atoms with Crippen LogP contribution in [0.5, 0.6) is 0 Å². The Hall–Kier alpha value is -1.77. The highest BCUT2D eigenvalue weighted by Crippen LogP contribution is 2.19. The predicted molar refractivity (Wildman–Crippen MR) is 68.1 cm³/mol. The molecule has 2 rings (SSSR count). The second-order valence-corrected chi connectivity index (χ2v) is 3.74. The maximum Gasteiger partial charge on any atom is 0.159 e. The second-order valence-electron chi connectivity index (χ2n) is 3.74. The summed E-state index contributed by atoms with van der Waals surface area (Å²) in [7, 11) is 0. The molecule has 0 bridgehead atoms. The maximum atomic E-state index is 12.8. The third kappa shape index (κ3) is 3.94. The van der Waals surface area contributed by atoms with Gasteiger partial charge in [0.15, 0.2) is 5.82 Å². The van der Waals surface area contributed by atoms with Crippen LogP contribution in [0.25, 0.3) is 11.4 Å². The Bertz CT molecular complexity index is 455. The molecule has 0 aliphatic carbocycles. The summed E-state index contributed by atoms with van der Waals surface area (Å²) in [5.41, 5.74) is 1.71. The van der Waals surface area contributed by atoms with E-state index < -0.39 is 0 Å². The van der Waals surface area contributed by atoms with Crippen molar-refractivity contribution in [2.45, 2.75) is 27.2 Å². The molecule has 1 aromatic heterocycles. The minimum atomic E-state index is -0.234. The molecule has 90 valence electrons. The molecule has 1 heterocycles. The lowest BCUT2D eigenvalue weighted by molar-refractivity contribution is 0.627. The Kier molecular flexibility index (Phi) is 5.27. The van der Waals surface area contributed by atoms with Crippen molar-refractivity contribution in [1.82, 2.24) is 9.97 Å². The van der Waals surface area contributed by atoms with Crippen LogP contribution in [-0.4, -0.2) is 9.97 Å². The first-order valence-electron chi connectivity index (χ1n) is 5.72. The van der Waals surface area contributed by atoms with E-state index in [0.717, 1.165) is 11.1 Å². The Morgan fingerprint density at radius 3 is 2.24 bits per heavy atom. The smallest absolute Gasteiger partial charge is 0.159 e. The Morgan fingerprint density at radius 2 is 1.71 bits per heavy atom. The zero-order chi connectivity index (χ0) is 12.7. The van der Waals surface area contributed by atoms with Crippen molar-refractivity contribution in [1.29, 1.82) is 0 Å². The predicted octanol–water partition coefficient (Wildman–Crippen LogP) is 4.01. The van der Waals surface area contributed by atoms with Crippen LogP contribution in [0.1, 0.15) is 25.8 Å². The Morgan fingerprint density at radius 1 is 1.12 bits per heavy atom. The molecule has 0 spiro atoms. The fraction of sp³-hybridized carbons (Fsp3) is 0.286. The van der Waals surface area contributed by atoms with Crippen LogP contribution < -0.4 is 0 Å². The van der Waals surface area contributed by atoms with Crippen LogP contribution >= 0.6 is 0 Å². The van der Waals surface area contributed by atoms with Crippen molar-refractivity contribution in [3.05, 3.63) is 48.0 Å². The number of aromatic nitrogens is 2. The summed E-state index contributed by atoms with van der Waals surface area (Å²) in [6.45, 7) is 6.09. The van der Waals surface area contributed by atoms with Crippen molar-refractivity contribution in [2.24, 2.45) is 0 Å². The monoisotopic (exact) mass is 232 g/mol. The average Bonchev–Trinajstić information content (AvgIpc) is 2.31. The highest BCUT2D eigenvalue weighted by molar-refractivity contribution is 5.59. The summed E-state index contributed by atoms with van der Waals surface area (Å²) in [6, 6.07) is 6.34. The second kappa shape index (κ2) is 6.74. The molecule has 17 heavy (non-hydrogen) atoms. The number of hydrogen-bond donors (Lipinski definition) is 0. The van der Waals surface area contributed by atoms with E-state index in [1.165, 1.54) is 18.6 Å². The van der Waals surface area contributed by atoms with Gasteiger partial charge in [-0.25, -0.2) is 14.4 Å². The van der Waals surface area contributed by atoms with Gasteiger partial charge < -0.3 is 0 Å². The van der Waals surface area contributed by atoms with Gasteiger partial charge in [0.1, 0.15) is 5.82 Å². The Balaban J connectivity index is 0.000000437. The van der Waals surface area contributed by atoms with E-state index in [-0.39, 0.29) is 5.82 Å². The lowest BCUT2D eigenvalue weighted by atomic mass is 10.1. The SMILES string of the molecule is CCC.Cc1cc(F)ccc1-c1ncccn1. The largest absolute Gasteiger partial charge is 0.237 e. The molecule has 0 saturated heterocycles. The van der Waals surface area contributed by atoms with Crippen LogP contribution in [0, 0.1) is 12.7 Å². The Labute approximate surface area is 102 Å². The molecule has 2 aromatic rings. The van der Waals surface area contributed by atoms with Gasteiger partial charge in [-0.15, -0.1) is 0 Å². The third-order valence-corrected chi connectivity index (χ3v) is 2.00. The minimum absolute atomic E-state index is 0.234. The van der Waals surface area contributed by atoms with Crippen LogP contribution in [0.15, 0.2) is 36.7 Å². The van der Waals surface area contributed by atoms with Gasteiger partial charge in [0, 0.05) is 18.0 Å². The third-order valence-electron chi connectivity index (χ3n) is 2.00. The van der Waals surface area contributed by atoms with Crippen molar-refractivity contribution < 1.29 is 4.39 Å². The average molecular weight is 232 g/mol. The summed E-state index contributed by atoms with van der Waals surface area (Å²) in [5, 5.41) is 0. The lowest BCUT2D eigenvalue weighted by Gasteiger charge is -2.02. The lowest BCUT2D eigenvalue weighted by Crippen LogP contribution is -1.90. The molecule has 0 atom stereocenters. The molecular weight excluding hydrogens is 215 g/mol. The van der Waals surface area contributed by atoms with E-state index in [1.807, 2.05) is 6.92 Å². The van der Waals surface area contributed by atoms with Gasteiger partial charge in [-0.05, 0) is 36.8 Å². The number of halogens is 1. The van der Waals surface area contributed by atoms with E-state index in [1.54, 1.807) is 24.5 Å². The van der Waals surface area contributed by atoms with Crippen LogP contribution in [-0.2, 0) is 0 Å². The number of rotatable bonds is 1. The first kappa shape index (κ1) is 13.3. The van der Waals surface area contributed by atoms with Crippen LogP contribution in [0.4, 0.5) is 4.39 Å². The van der Waals surface area contributed by atoms with Crippen LogP contribution in [0.2, 0.25) is 0 Å². The number of aryl methyl sites for hydroxylation is 1. The zero-order valence-electron chi connectivity index (χ0n) is 10.4. The number of benzene rings is 1. The molecule has 0 radical (unpaired) electrons. The zero-order valence-corrected chi connectivity index (χ0v) is 10.4. The molecule has 0 aliphatic heterocycles. The van der Waals surface area contributed by atoms with Gasteiger partial charge in [0.25, 0.3) is 0 Å². The van der Waals surface area contributed by atoms with Gasteiger partial charge >= 0.3 is 0 Å². The molecule has 2 nitrogen and oxygen atoms in total. The van der Waals surface area contributed by atoms with Crippen molar-refractivity contribution >= 4 is 0 Å². The summed E-state index contributed by atoms with van der Waals surface area (Å²) in [4.78, 5) is 8.21. The van der Waals surface area contributed by atoms with E-state index in [0.29, 0.717) is 5.82 Å². The molecule has 0 unspecified atom stereocenters. The normalized spacial score (nSPS) is 9.41. The molecule has 3 heteroatoms. The van der Waals surface area contributed by atoms with Gasteiger partial charge in [0.2, 0.25) is 0 Å². The quantitative estimate of drug-likeness (QED) is 0.742. The first-order valence-corrected chi connectivity index (χ1v) is 5.72. The minimum Gasteiger partial charge on any atom is -0.237 e. The fourth-order valence-electron chi connectivity index (χ4n) is 1.32. The molecule has 0 saturated carbocycles. The molecule has 0 N–H and O–H groups in total.